The van der Waals surface area contributed by atoms with Gasteiger partial charge in [0.15, 0.2) is 11.6 Å². The zero-order chi connectivity index (χ0) is 11.1. The molecule has 0 aromatic carbocycles. The molecule has 0 spiro atoms. The maximum absolute atomic E-state index is 11.5. The zero-order valence-corrected chi connectivity index (χ0v) is 9.23. The maximum atomic E-state index is 11.5. The average Bonchev–Trinajstić information content (AvgIpc) is 2.51. The predicted octanol–water partition coefficient (Wildman–Crippen LogP) is 1.26. The molecule has 2 aliphatic heterocycles. The van der Waals surface area contributed by atoms with Gasteiger partial charge in [0.25, 0.3) is 0 Å². The Bertz CT molecular complexity index is 295. The highest BCUT2D eigenvalue weighted by atomic mass is 16.7. The Morgan fingerprint density at radius 3 is 2.80 bits per heavy atom. The molecule has 4 heteroatoms. The first-order chi connectivity index (χ1) is 6.99. The Morgan fingerprint density at radius 1 is 1.47 bits per heavy atom. The van der Waals surface area contributed by atoms with Crippen LogP contribution in [0.2, 0.25) is 0 Å². The Kier molecular flexibility index (Phi) is 2.56. The number of carbonyl (C=O) groups is 1. The summed E-state index contributed by atoms with van der Waals surface area (Å²) in [5.41, 5.74) is 0. The summed E-state index contributed by atoms with van der Waals surface area (Å²) in [5.74, 6) is -0.658. The quantitative estimate of drug-likeness (QED) is 0.656. The van der Waals surface area contributed by atoms with E-state index in [4.69, 9.17) is 14.2 Å². The fraction of sp³-hybridized carbons (Fsp3) is 0.727. The summed E-state index contributed by atoms with van der Waals surface area (Å²) < 4.78 is 16.6. The molecule has 15 heavy (non-hydrogen) atoms. The normalized spacial score (nSPS) is 39.1. The molecule has 0 radical (unpaired) electrons. The fourth-order valence-corrected chi connectivity index (χ4v) is 1.92. The summed E-state index contributed by atoms with van der Waals surface area (Å²) in [6, 6.07) is 0. The van der Waals surface area contributed by atoms with Gasteiger partial charge in [-0.2, -0.15) is 0 Å². The van der Waals surface area contributed by atoms with Crippen LogP contribution in [0.1, 0.15) is 20.8 Å². The zero-order valence-electron chi connectivity index (χ0n) is 9.23. The van der Waals surface area contributed by atoms with Crippen LogP contribution in [0.5, 0.6) is 0 Å². The van der Waals surface area contributed by atoms with Crippen molar-refractivity contribution in [3.05, 3.63) is 12.3 Å². The molecule has 2 rings (SSSR count). The second kappa shape index (κ2) is 3.61. The third-order valence-corrected chi connectivity index (χ3v) is 2.81. The van der Waals surface area contributed by atoms with Gasteiger partial charge in [0.2, 0.25) is 0 Å². The second-order valence-corrected chi connectivity index (χ2v) is 4.46. The molecule has 4 nitrogen and oxygen atoms in total. The van der Waals surface area contributed by atoms with Crippen LogP contribution in [-0.4, -0.2) is 30.4 Å². The van der Waals surface area contributed by atoms with E-state index < -0.39 is 5.79 Å². The number of ketones is 1. The number of allylic oxidation sites excluding steroid dienone is 1. The van der Waals surface area contributed by atoms with Gasteiger partial charge in [-0.25, -0.2) is 0 Å². The van der Waals surface area contributed by atoms with Crippen molar-refractivity contribution in [3.8, 4) is 0 Å². The molecule has 0 bridgehead atoms. The second-order valence-electron chi connectivity index (χ2n) is 4.46. The van der Waals surface area contributed by atoms with Gasteiger partial charge in [0.1, 0.15) is 12.2 Å². The van der Waals surface area contributed by atoms with E-state index in [0.29, 0.717) is 6.61 Å². The molecule has 2 aliphatic rings. The van der Waals surface area contributed by atoms with Crippen molar-refractivity contribution in [1.82, 2.24) is 0 Å². The van der Waals surface area contributed by atoms with E-state index in [1.165, 1.54) is 12.3 Å². The van der Waals surface area contributed by atoms with Gasteiger partial charge in [-0.15, -0.1) is 0 Å². The van der Waals surface area contributed by atoms with Gasteiger partial charge in [-0.05, 0) is 13.8 Å². The van der Waals surface area contributed by atoms with E-state index in [1.807, 2.05) is 20.8 Å². The van der Waals surface area contributed by atoms with Gasteiger partial charge in [0, 0.05) is 6.08 Å². The summed E-state index contributed by atoms with van der Waals surface area (Å²) in [5, 5.41) is 0. The number of ether oxygens (including phenoxy) is 3. The van der Waals surface area contributed by atoms with Crippen LogP contribution in [0.3, 0.4) is 0 Å². The van der Waals surface area contributed by atoms with Crippen molar-refractivity contribution in [2.75, 3.05) is 6.61 Å². The highest BCUT2D eigenvalue weighted by molar-refractivity contribution is 5.92. The van der Waals surface area contributed by atoms with E-state index in [-0.39, 0.29) is 23.9 Å². The molecular formula is C11H16O4. The van der Waals surface area contributed by atoms with E-state index in [0.717, 1.165) is 0 Å². The molecule has 1 unspecified atom stereocenters. The van der Waals surface area contributed by atoms with Crippen LogP contribution in [0.25, 0.3) is 0 Å². The minimum absolute atomic E-state index is 0.0829. The van der Waals surface area contributed by atoms with Crippen molar-refractivity contribution in [2.24, 2.45) is 5.92 Å². The van der Waals surface area contributed by atoms with E-state index in [1.54, 1.807) is 0 Å². The molecule has 0 saturated carbocycles. The Hall–Kier alpha value is -0.870. The van der Waals surface area contributed by atoms with Crippen molar-refractivity contribution >= 4 is 5.78 Å². The van der Waals surface area contributed by atoms with Crippen LogP contribution in [-0.2, 0) is 19.0 Å². The molecule has 0 aliphatic carbocycles. The highest BCUT2D eigenvalue weighted by Crippen LogP contribution is 2.30. The largest absolute Gasteiger partial charge is 0.494 e. The third kappa shape index (κ3) is 2.06. The molecule has 0 aromatic heterocycles. The van der Waals surface area contributed by atoms with Gasteiger partial charge in [0.05, 0.1) is 18.8 Å². The van der Waals surface area contributed by atoms with Gasteiger partial charge in [-0.1, -0.05) is 6.92 Å². The lowest BCUT2D eigenvalue weighted by molar-refractivity contribution is -0.159. The smallest absolute Gasteiger partial charge is 0.165 e. The number of carbonyl (C=O) groups excluding carboxylic acids is 1. The first-order valence-corrected chi connectivity index (χ1v) is 5.17. The topological polar surface area (TPSA) is 44.8 Å². The summed E-state index contributed by atoms with van der Waals surface area (Å²) in [6.45, 7) is 6.05. The Balaban J connectivity index is 2.06. The van der Waals surface area contributed by atoms with Crippen molar-refractivity contribution in [1.29, 1.82) is 0 Å². The van der Waals surface area contributed by atoms with Gasteiger partial charge in [-0.3, -0.25) is 4.79 Å². The molecule has 1 fully saturated rings. The van der Waals surface area contributed by atoms with E-state index in [2.05, 4.69) is 0 Å². The summed E-state index contributed by atoms with van der Waals surface area (Å²) >= 11 is 0. The molecule has 0 amide bonds. The summed E-state index contributed by atoms with van der Waals surface area (Å²) in [7, 11) is 0. The summed E-state index contributed by atoms with van der Waals surface area (Å²) in [4.78, 5) is 11.5. The molecule has 0 aromatic rings. The SMILES string of the molecule is CC1C(=O)C=CO[C@@H]1[C@H]1COC(C)(C)O1. The molecule has 3 atom stereocenters. The van der Waals surface area contributed by atoms with Crippen molar-refractivity contribution in [3.63, 3.8) is 0 Å². The van der Waals surface area contributed by atoms with Crippen LogP contribution in [0.15, 0.2) is 12.3 Å². The fourth-order valence-electron chi connectivity index (χ4n) is 1.92. The molecule has 84 valence electrons. The van der Waals surface area contributed by atoms with Crippen LogP contribution in [0.4, 0.5) is 0 Å². The molecule has 0 N–H and O–H groups in total. The average molecular weight is 212 g/mol. The van der Waals surface area contributed by atoms with Crippen molar-refractivity contribution in [2.45, 2.75) is 38.8 Å². The van der Waals surface area contributed by atoms with Gasteiger partial charge >= 0.3 is 0 Å². The van der Waals surface area contributed by atoms with E-state index in [9.17, 15) is 4.79 Å². The lowest BCUT2D eigenvalue weighted by Crippen LogP contribution is -2.41. The number of rotatable bonds is 1. The first kappa shape index (κ1) is 10.6. The van der Waals surface area contributed by atoms with Gasteiger partial charge < -0.3 is 14.2 Å². The van der Waals surface area contributed by atoms with Crippen LogP contribution < -0.4 is 0 Å². The first-order valence-electron chi connectivity index (χ1n) is 5.17. The van der Waals surface area contributed by atoms with Crippen LogP contribution in [0, 0.1) is 5.92 Å². The minimum Gasteiger partial charge on any atom is -0.494 e. The number of hydrogen-bond acceptors (Lipinski definition) is 4. The van der Waals surface area contributed by atoms with Crippen molar-refractivity contribution < 1.29 is 19.0 Å². The summed E-state index contributed by atoms with van der Waals surface area (Å²) in [6.07, 6.45) is 2.51. The number of hydrogen-bond donors (Lipinski definition) is 0. The lowest BCUT2D eigenvalue weighted by Gasteiger charge is -2.29. The van der Waals surface area contributed by atoms with E-state index >= 15 is 0 Å². The minimum atomic E-state index is -0.571. The molecule has 2 heterocycles. The third-order valence-electron chi connectivity index (χ3n) is 2.81. The predicted molar refractivity (Wildman–Crippen MR) is 53.1 cm³/mol. The standard InChI is InChI=1S/C11H16O4/c1-7-8(12)4-5-13-10(7)9-6-14-11(2,3)15-9/h4-5,7,9-10H,6H2,1-3H3/t7?,9-,10+/m1/s1. The molecule has 1 saturated heterocycles. The highest BCUT2D eigenvalue weighted by Gasteiger charge is 2.42. The lowest BCUT2D eigenvalue weighted by atomic mass is 9.94. The monoisotopic (exact) mass is 212 g/mol. The maximum Gasteiger partial charge on any atom is 0.165 e. The Labute approximate surface area is 89.2 Å². The Morgan fingerprint density at radius 2 is 2.20 bits per heavy atom. The van der Waals surface area contributed by atoms with Crippen LogP contribution >= 0.6 is 0 Å². The molecular weight excluding hydrogens is 196 g/mol.